The molecule has 216 valence electrons. The zero-order valence-corrected chi connectivity index (χ0v) is 23.8. The third kappa shape index (κ3) is 6.15. The number of anilines is 1. The fraction of sp³-hybridized carbons (Fsp3) is 0.519. The molecule has 0 radical (unpaired) electrons. The van der Waals surface area contributed by atoms with Crippen LogP contribution in [-0.4, -0.2) is 55.8 Å². The predicted molar refractivity (Wildman–Crippen MR) is 148 cm³/mol. The van der Waals surface area contributed by atoms with Crippen molar-refractivity contribution in [2.45, 2.75) is 76.4 Å². The van der Waals surface area contributed by atoms with Gasteiger partial charge in [0.15, 0.2) is 5.82 Å². The summed E-state index contributed by atoms with van der Waals surface area (Å²) in [6, 6.07) is 13.5. The van der Waals surface area contributed by atoms with Crippen molar-refractivity contribution >= 4 is 19.1 Å². The first-order valence-corrected chi connectivity index (χ1v) is 15.0. The summed E-state index contributed by atoms with van der Waals surface area (Å²) in [5, 5.41) is 39.2. The Balaban J connectivity index is 1.53. The van der Waals surface area contributed by atoms with Gasteiger partial charge in [-0.3, -0.25) is 4.52 Å². The molecule has 40 heavy (non-hydrogen) atoms. The molecule has 3 heterocycles. The highest BCUT2D eigenvalue weighted by molar-refractivity contribution is 7.52. The number of aliphatic hydroxyl groups excluding tert-OH is 2. The molecule has 1 saturated heterocycles. The topological polar surface area (TPSA) is 177 Å². The van der Waals surface area contributed by atoms with E-state index in [1.54, 1.807) is 36.4 Å². The van der Waals surface area contributed by atoms with Crippen LogP contribution in [0.15, 0.2) is 48.8 Å². The number of nitrogens with zero attached hydrogens (tertiary/aromatic N) is 4. The van der Waals surface area contributed by atoms with Gasteiger partial charge in [-0.1, -0.05) is 44.9 Å². The largest absolute Gasteiger partial charge is 0.459 e. The van der Waals surface area contributed by atoms with Crippen LogP contribution < -0.4 is 15.3 Å². The van der Waals surface area contributed by atoms with Crippen molar-refractivity contribution in [2.75, 3.05) is 12.3 Å². The number of fused-ring (bicyclic) bond motifs is 1. The number of para-hydroxylation sites is 1. The van der Waals surface area contributed by atoms with Gasteiger partial charge >= 0.3 is 7.75 Å². The minimum atomic E-state index is -3.98. The van der Waals surface area contributed by atoms with E-state index in [1.165, 1.54) is 16.9 Å². The molecule has 5 N–H and O–H groups in total. The molecule has 3 aromatic rings. The quantitative estimate of drug-likeness (QED) is 0.220. The van der Waals surface area contributed by atoms with E-state index in [-0.39, 0.29) is 17.6 Å². The van der Waals surface area contributed by atoms with Crippen molar-refractivity contribution in [1.29, 1.82) is 5.26 Å². The van der Waals surface area contributed by atoms with Gasteiger partial charge in [-0.25, -0.2) is 19.2 Å². The first-order valence-electron chi connectivity index (χ1n) is 13.5. The van der Waals surface area contributed by atoms with Gasteiger partial charge < -0.3 is 25.2 Å². The van der Waals surface area contributed by atoms with E-state index in [2.05, 4.69) is 29.0 Å². The number of nitrogens with one attached hydrogen (secondary N) is 1. The molecule has 0 bridgehead atoms. The van der Waals surface area contributed by atoms with Gasteiger partial charge in [-0.15, -0.1) is 0 Å². The molecule has 4 rings (SSSR count). The van der Waals surface area contributed by atoms with E-state index in [0.717, 1.165) is 25.7 Å². The number of hydrogen-bond acceptors (Lipinski definition) is 10. The maximum atomic E-state index is 13.9. The van der Waals surface area contributed by atoms with Crippen molar-refractivity contribution < 1.29 is 28.6 Å². The first kappa shape index (κ1) is 29.9. The van der Waals surface area contributed by atoms with Crippen molar-refractivity contribution in [3.8, 4) is 11.8 Å². The van der Waals surface area contributed by atoms with E-state index < -0.39 is 38.3 Å². The number of hydrogen-bond donors (Lipinski definition) is 4. The Morgan fingerprint density at radius 2 is 1.95 bits per heavy atom. The number of ether oxygens (including phenoxy) is 1. The van der Waals surface area contributed by atoms with Crippen LogP contribution in [-0.2, 0) is 19.4 Å². The molecule has 1 aromatic carbocycles. The molecule has 2 aromatic heterocycles. The summed E-state index contributed by atoms with van der Waals surface area (Å²) >= 11 is 0. The Morgan fingerprint density at radius 3 is 2.62 bits per heavy atom. The molecular weight excluding hydrogens is 535 g/mol. The second-order valence-electron chi connectivity index (χ2n) is 10.1. The SMILES string of the molecule is CCC(CC)CCC(C)N[P@](=O)(OC[C@H]1O[C@@](C#N)(c2ccc3c(N)ncnn23)[C@H](O)[C@@H]1O)Oc1ccccc1. The average molecular weight is 573 g/mol. The van der Waals surface area contributed by atoms with Gasteiger partial charge in [0.05, 0.1) is 12.3 Å². The van der Waals surface area contributed by atoms with Gasteiger partial charge in [0.2, 0.25) is 5.60 Å². The molecule has 1 unspecified atom stereocenters. The molecular formula is C27H37N6O6P. The van der Waals surface area contributed by atoms with Crippen molar-refractivity contribution in [2.24, 2.45) is 5.92 Å². The molecule has 1 aliphatic heterocycles. The number of nitrogen functional groups attached to an aromatic ring is 1. The second kappa shape index (κ2) is 12.6. The Morgan fingerprint density at radius 1 is 1.23 bits per heavy atom. The number of nitriles is 1. The Labute approximate surface area is 233 Å². The lowest BCUT2D eigenvalue weighted by molar-refractivity contribution is -0.0621. The highest BCUT2D eigenvalue weighted by Crippen LogP contribution is 2.47. The lowest BCUT2D eigenvalue weighted by atomic mass is 9.92. The van der Waals surface area contributed by atoms with Crippen LogP contribution in [0.4, 0.5) is 5.82 Å². The Kier molecular flexibility index (Phi) is 9.46. The number of rotatable bonds is 13. The van der Waals surface area contributed by atoms with E-state index in [4.69, 9.17) is 19.5 Å². The Hall–Kier alpha value is -3.04. The molecule has 0 amide bonds. The third-order valence-corrected chi connectivity index (χ3v) is 9.10. The van der Waals surface area contributed by atoms with Gasteiger partial charge in [-0.05, 0) is 49.9 Å². The lowest BCUT2D eigenvalue weighted by Crippen LogP contribution is -2.41. The number of benzene rings is 1. The summed E-state index contributed by atoms with van der Waals surface area (Å²) in [6.07, 6.45) is 0.622. The minimum absolute atomic E-state index is 0.157. The molecule has 6 atom stereocenters. The summed E-state index contributed by atoms with van der Waals surface area (Å²) in [5.74, 6) is 1.07. The second-order valence-corrected chi connectivity index (χ2v) is 11.8. The highest BCUT2D eigenvalue weighted by atomic mass is 31.2. The fourth-order valence-electron chi connectivity index (χ4n) is 4.95. The zero-order valence-electron chi connectivity index (χ0n) is 22.9. The fourth-order valence-corrected chi connectivity index (χ4v) is 6.54. The molecule has 0 aliphatic carbocycles. The van der Waals surface area contributed by atoms with E-state index in [1.807, 2.05) is 13.0 Å². The summed E-state index contributed by atoms with van der Waals surface area (Å²) in [7, 11) is -3.98. The number of aromatic nitrogens is 3. The van der Waals surface area contributed by atoms with E-state index >= 15 is 0 Å². The molecule has 12 nitrogen and oxygen atoms in total. The van der Waals surface area contributed by atoms with Crippen LogP contribution in [0.1, 0.15) is 52.1 Å². The van der Waals surface area contributed by atoms with Gasteiger partial charge in [0.25, 0.3) is 0 Å². The average Bonchev–Trinajstić information content (AvgIpc) is 3.49. The summed E-state index contributed by atoms with van der Waals surface area (Å²) in [6.45, 7) is 5.78. The maximum absolute atomic E-state index is 13.9. The number of nitrogens with two attached hydrogens (primary N) is 1. The summed E-state index contributed by atoms with van der Waals surface area (Å²) < 4.78 is 32.8. The van der Waals surface area contributed by atoms with Gasteiger partial charge in [0, 0.05) is 6.04 Å². The first-order chi connectivity index (χ1) is 19.2. The third-order valence-electron chi connectivity index (χ3n) is 7.41. The van der Waals surface area contributed by atoms with Crippen LogP contribution in [0.3, 0.4) is 0 Å². The van der Waals surface area contributed by atoms with Crippen LogP contribution in [0.2, 0.25) is 0 Å². The Bertz CT molecular complexity index is 1360. The highest BCUT2D eigenvalue weighted by Gasteiger charge is 2.58. The van der Waals surface area contributed by atoms with Crippen LogP contribution >= 0.6 is 7.75 Å². The zero-order chi connectivity index (χ0) is 28.9. The van der Waals surface area contributed by atoms with Crippen LogP contribution in [0, 0.1) is 17.2 Å². The van der Waals surface area contributed by atoms with Crippen molar-refractivity contribution in [3.05, 3.63) is 54.5 Å². The standard InChI is InChI=1S/C27H37N6O6P/c1-4-19(5-2)12-11-18(3)32-40(36,39-20-9-7-6-8-10-20)37-15-22-24(34)25(35)27(16-28,38-22)23-14-13-21-26(29)30-17-31-33(21)23/h6-10,13-14,17-19,22,24-25,34-35H,4-5,11-12,15H2,1-3H3,(H,32,36)(H2,29,30,31)/t18?,22-,24-,25-,27+,40+/m1/s1. The van der Waals surface area contributed by atoms with E-state index in [0.29, 0.717) is 17.2 Å². The molecule has 0 saturated carbocycles. The van der Waals surface area contributed by atoms with Gasteiger partial charge in [-0.2, -0.15) is 10.4 Å². The lowest BCUT2D eigenvalue weighted by Gasteiger charge is -2.26. The van der Waals surface area contributed by atoms with Crippen LogP contribution in [0.25, 0.3) is 5.52 Å². The van der Waals surface area contributed by atoms with Crippen molar-refractivity contribution in [1.82, 2.24) is 19.7 Å². The smallest absolute Gasteiger partial charge is 0.413 e. The molecule has 1 aliphatic rings. The minimum Gasteiger partial charge on any atom is -0.413 e. The summed E-state index contributed by atoms with van der Waals surface area (Å²) in [5.41, 5.74) is 4.48. The number of aliphatic hydroxyl groups is 2. The molecule has 0 spiro atoms. The summed E-state index contributed by atoms with van der Waals surface area (Å²) in [4.78, 5) is 3.93. The molecule has 13 heteroatoms. The molecule has 1 fully saturated rings. The van der Waals surface area contributed by atoms with E-state index in [9.17, 15) is 20.0 Å². The van der Waals surface area contributed by atoms with Crippen LogP contribution in [0.5, 0.6) is 5.75 Å². The monoisotopic (exact) mass is 572 g/mol. The normalized spacial score (nSPS) is 25.1. The van der Waals surface area contributed by atoms with Gasteiger partial charge in [0.1, 0.15) is 42.0 Å². The predicted octanol–water partition coefficient (Wildman–Crippen LogP) is 3.55. The maximum Gasteiger partial charge on any atom is 0.459 e. The van der Waals surface area contributed by atoms with Crippen molar-refractivity contribution in [3.63, 3.8) is 0 Å².